The molecule has 0 spiro atoms. The summed E-state index contributed by atoms with van der Waals surface area (Å²) in [6.45, 7) is 0. The Bertz CT molecular complexity index is 2900. The van der Waals surface area contributed by atoms with E-state index in [1.165, 1.54) is 10.8 Å². The van der Waals surface area contributed by atoms with Gasteiger partial charge < -0.3 is 23.8 Å². The Balaban J connectivity index is 1.18. The van der Waals surface area contributed by atoms with E-state index in [2.05, 4.69) is 88.7 Å². The molecule has 0 amide bonds. The van der Waals surface area contributed by atoms with Crippen molar-refractivity contribution in [2.24, 2.45) is 9.98 Å². The number of fused-ring (bicyclic) bond motifs is 8. The molecular weight excluding hydrogens is 645 g/mol. The Morgan fingerprint density at radius 3 is 1.98 bits per heavy atom. The number of amidine groups is 2. The zero-order valence-corrected chi connectivity index (χ0v) is 27.7. The van der Waals surface area contributed by atoms with E-state index in [4.69, 9.17) is 23.9 Å². The lowest BCUT2D eigenvalue weighted by atomic mass is 10.1. The maximum atomic E-state index is 6.68. The van der Waals surface area contributed by atoms with Gasteiger partial charge in [-0.1, -0.05) is 109 Å². The number of hydrogen-bond donors (Lipinski definition) is 1. The summed E-state index contributed by atoms with van der Waals surface area (Å²) in [6.07, 6.45) is -0.437. The summed E-state index contributed by atoms with van der Waals surface area (Å²) < 4.78 is 22.1. The second kappa shape index (κ2) is 11.2. The van der Waals surface area contributed by atoms with Crippen LogP contribution in [0.5, 0.6) is 23.0 Å². The average Bonchev–Trinajstić information content (AvgIpc) is 3.76. The Morgan fingerprint density at radius 2 is 1.19 bits per heavy atom. The fourth-order valence-electron chi connectivity index (χ4n) is 7.56. The van der Waals surface area contributed by atoms with Gasteiger partial charge in [-0.25, -0.2) is 9.98 Å². The molecule has 2 aliphatic rings. The highest BCUT2D eigenvalue weighted by Crippen LogP contribution is 2.49. The molecule has 1 atom stereocenters. The molecule has 7 heteroatoms. The van der Waals surface area contributed by atoms with Crippen molar-refractivity contribution < 1.29 is 13.9 Å². The minimum atomic E-state index is -0.437. The number of rotatable bonds is 4. The minimum Gasteiger partial charge on any atom is -0.455 e. The van der Waals surface area contributed by atoms with Crippen LogP contribution in [0.3, 0.4) is 0 Å². The van der Waals surface area contributed by atoms with Gasteiger partial charge in [0.25, 0.3) is 0 Å². The molecule has 11 rings (SSSR count). The minimum absolute atomic E-state index is 0.437. The van der Waals surface area contributed by atoms with Crippen LogP contribution in [-0.4, -0.2) is 16.2 Å². The van der Waals surface area contributed by atoms with E-state index in [1.807, 2.05) is 78.9 Å². The molecule has 7 nitrogen and oxygen atoms in total. The van der Waals surface area contributed by atoms with E-state index < -0.39 is 6.17 Å². The summed E-state index contributed by atoms with van der Waals surface area (Å²) in [5, 5.41) is 8.05. The number of nitrogens with one attached hydrogen (secondary N) is 1. The summed E-state index contributed by atoms with van der Waals surface area (Å²) in [7, 11) is 0. The van der Waals surface area contributed by atoms with Gasteiger partial charge in [-0.05, 0) is 48.0 Å². The predicted octanol–water partition coefficient (Wildman–Crippen LogP) is 11.1. The van der Waals surface area contributed by atoms with Crippen LogP contribution in [0.2, 0.25) is 0 Å². The molecule has 0 bridgehead atoms. The molecule has 7 aromatic carbocycles. The van der Waals surface area contributed by atoms with Crippen LogP contribution in [0.4, 0.5) is 0 Å². The lowest BCUT2D eigenvalue weighted by Gasteiger charge is -2.27. The first-order chi connectivity index (χ1) is 25.8. The number of nitrogens with zero attached hydrogens (tertiary/aromatic N) is 3. The van der Waals surface area contributed by atoms with Gasteiger partial charge in [0, 0.05) is 27.6 Å². The summed E-state index contributed by atoms with van der Waals surface area (Å²) in [4.78, 5) is 10.6. The molecule has 52 heavy (non-hydrogen) atoms. The number of para-hydroxylation sites is 6. The molecule has 0 fully saturated rings. The fraction of sp³-hybridized carbons (Fsp3) is 0.0222. The van der Waals surface area contributed by atoms with Crippen LogP contribution in [0.1, 0.15) is 22.9 Å². The van der Waals surface area contributed by atoms with Crippen molar-refractivity contribution in [2.75, 3.05) is 0 Å². The molecular formula is C45H28N4O3. The molecule has 0 saturated heterocycles. The molecule has 2 aliphatic heterocycles. The first-order valence-corrected chi connectivity index (χ1v) is 17.3. The number of ether oxygens (including phenoxy) is 2. The normalized spacial score (nSPS) is 15.0. The van der Waals surface area contributed by atoms with Crippen LogP contribution in [0, 0.1) is 0 Å². The first-order valence-electron chi connectivity index (χ1n) is 17.3. The van der Waals surface area contributed by atoms with E-state index >= 15 is 0 Å². The van der Waals surface area contributed by atoms with Crippen molar-refractivity contribution >= 4 is 55.4 Å². The average molecular weight is 673 g/mol. The maximum absolute atomic E-state index is 6.68. The molecule has 246 valence electrons. The predicted molar refractivity (Wildman–Crippen MR) is 206 cm³/mol. The van der Waals surface area contributed by atoms with Crippen LogP contribution in [-0.2, 0) is 0 Å². The largest absolute Gasteiger partial charge is 0.455 e. The standard InChI is InChI=1S/C45H28N4O3/c1-2-13-27(14-3-1)43-46-44(33-19-12-18-32-31-17-6-9-22-37(31)51-41(32)33)48-45(47-43)34-25-28(26-40-42(34)52-39-24-11-10-23-38(39)50-40)49-35-20-7-4-15-29(35)30-16-5-8-21-36(30)49/h1-26,43H,(H,46,47,48). The Hall–Kier alpha value is -7.12. The van der Waals surface area contributed by atoms with Crippen molar-refractivity contribution in [3.63, 3.8) is 0 Å². The van der Waals surface area contributed by atoms with E-state index in [-0.39, 0.29) is 0 Å². The van der Waals surface area contributed by atoms with Crippen LogP contribution < -0.4 is 14.8 Å². The molecule has 2 aromatic heterocycles. The van der Waals surface area contributed by atoms with Crippen molar-refractivity contribution in [1.29, 1.82) is 0 Å². The van der Waals surface area contributed by atoms with Gasteiger partial charge >= 0.3 is 0 Å². The van der Waals surface area contributed by atoms with Crippen molar-refractivity contribution in [3.8, 4) is 28.7 Å². The maximum Gasteiger partial charge on any atom is 0.181 e. The molecule has 0 saturated carbocycles. The molecule has 4 heterocycles. The summed E-state index contributed by atoms with van der Waals surface area (Å²) in [5.74, 6) is 3.58. The second-order valence-electron chi connectivity index (χ2n) is 13.0. The number of aromatic nitrogens is 1. The highest BCUT2D eigenvalue weighted by molar-refractivity contribution is 6.20. The van der Waals surface area contributed by atoms with Crippen molar-refractivity contribution in [3.05, 3.63) is 174 Å². The summed E-state index contributed by atoms with van der Waals surface area (Å²) >= 11 is 0. The van der Waals surface area contributed by atoms with Gasteiger partial charge in [-0.3, -0.25) is 0 Å². The van der Waals surface area contributed by atoms with Gasteiger partial charge in [0.05, 0.1) is 27.8 Å². The fourth-order valence-corrected chi connectivity index (χ4v) is 7.56. The Morgan fingerprint density at radius 1 is 0.538 bits per heavy atom. The topological polar surface area (TPSA) is 73.3 Å². The lowest BCUT2D eigenvalue weighted by Crippen LogP contribution is -2.33. The third-order valence-corrected chi connectivity index (χ3v) is 9.92. The van der Waals surface area contributed by atoms with E-state index in [1.54, 1.807) is 0 Å². The van der Waals surface area contributed by atoms with Gasteiger partial charge in [-0.15, -0.1) is 0 Å². The van der Waals surface area contributed by atoms with Crippen LogP contribution >= 0.6 is 0 Å². The van der Waals surface area contributed by atoms with Crippen molar-refractivity contribution in [1.82, 2.24) is 9.88 Å². The zero-order valence-electron chi connectivity index (χ0n) is 27.7. The summed E-state index contributed by atoms with van der Waals surface area (Å²) in [5.41, 5.74) is 7.22. The number of benzene rings is 7. The SMILES string of the molecule is c1ccc(C2N=C(c3cc(-n4c5ccccc5c5ccccc54)cc4c3Oc3ccccc3O4)N=C(c3cccc4c3oc3ccccc34)N2)cc1. The quantitative estimate of drug-likeness (QED) is 0.202. The molecule has 1 N–H and O–H groups in total. The van der Waals surface area contributed by atoms with Gasteiger partial charge in [-0.2, -0.15) is 0 Å². The Kier molecular flexibility index (Phi) is 6.18. The van der Waals surface area contributed by atoms with Crippen molar-refractivity contribution in [2.45, 2.75) is 6.17 Å². The molecule has 0 radical (unpaired) electrons. The van der Waals surface area contributed by atoms with Gasteiger partial charge in [0.15, 0.2) is 28.8 Å². The smallest absolute Gasteiger partial charge is 0.181 e. The zero-order chi connectivity index (χ0) is 34.2. The summed E-state index contributed by atoms with van der Waals surface area (Å²) in [6, 6.07) is 53.3. The monoisotopic (exact) mass is 672 g/mol. The third-order valence-electron chi connectivity index (χ3n) is 9.92. The van der Waals surface area contributed by atoms with E-state index in [0.717, 1.165) is 49.8 Å². The first kappa shape index (κ1) is 28.7. The molecule has 1 unspecified atom stereocenters. The second-order valence-corrected chi connectivity index (χ2v) is 13.0. The van der Waals surface area contributed by atoms with Crippen LogP contribution in [0.15, 0.2) is 172 Å². The number of furan rings is 1. The molecule has 0 aliphatic carbocycles. The van der Waals surface area contributed by atoms with Gasteiger partial charge in [0.2, 0.25) is 0 Å². The van der Waals surface area contributed by atoms with E-state index in [0.29, 0.717) is 40.2 Å². The van der Waals surface area contributed by atoms with Gasteiger partial charge in [0.1, 0.15) is 23.2 Å². The highest BCUT2D eigenvalue weighted by Gasteiger charge is 2.30. The highest BCUT2D eigenvalue weighted by atomic mass is 16.6. The third kappa shape index (κ3) is 4.39. The Labute approximate surface area is 297 Å². The van der Waals surface area contributed by atoms with E-state index in [9.17, 15) is 0 Å². The van der Waals surface area contributed by atoms with Crippen LogP contribution in [0.25, 0.3) is 49.4 Å². The lowest BCUT2D eigenvalue weighted by molar-refractivity contribution is 0.359. The number of aliphatic imine (C=N–C) groups is 2. The number of hydrogen-bond acceptors (Lipinski definition) is 6. The molecule has 9 aromatic rings.